The number of likely N-dealkylation sites (tertiary alicyclic amines) is 1. The number of aliphatic hydroxyl groups excluding tert-OH is 1. The number of methoxy groups -OCH3 is 1. The first-order valence-electron chi connectivity index (χ1n) is 5.34. The average Bonchev–Trinajstić information content (AvgIpc) is 2.93. The Morgan fingerprint density at radius 2 is 2.53 bits per heavy atom. The number of hydrogen-bond acceptors (Lipinski definition) is 4. The van der Waals surface area contributed by atoms with Gasteiger partial charge in [-0.25, -0.2) is 0 Å². The van der Waals surface area contributed by atoms with Gasteiger partial charge in [-0.1, -0.05) is 0 Å². The molecule has 0 saturated carbocycles. The SMILES string of the molecule is CO[C@@H]1C[C@@H](CO)N(C(=O)c2coc(Br)c2)C1. The first-order valence-corrected chi connectivity index (χ1v) is 6.13. The third-order valence-corrected chi connectivity index (χ3v) is 3.41. The van der Waals surface area contributed by atoms with Crippen molar-refractivity contribution in [1.29, 1.82) is 0 Å². The van der Waals surface area contributed by atoms with E-state index in [0.29, 0.717) is 23.2 Å². The molecule has 0 unspecified atom stereocenters. The zero-order valence-corrected chi connectivity index (χ0v) is 11.0. The summed E-state index contributed by atoms with van der Waals surface area (Å²) in [7, 11) is 1.61. The summed E-state index contributed by atoms with van der Waals surface area (Å²) in [5.74, 6) is -0.141. The van der Waals surface area contributed by atoms with Crippen molar-refractivity contribution in [2.75, 3.05) is 20.3 Å². The van der Waals surface area contributed by atoms with Gasteiger partial charge >= 0.3 is 0 Å². The number of hydrogen-bond donors (Lipinski definition) is 1. The third kappa shape index (κ3) is 2.53. The summed E-state index contributed by atoms with van der Waals surface area (Å²) in [5.41, 5.74) is 0.479. The van der Waals surface area contributed by atoms with Gasteiger partial charge in [0.05, 0.1) is 24.3 Å². The van der Waals surface area contributed by atoms with E-state index in [4.69, 9.17) is 9.15 Å². The zero-order chi connectivity index (χ0) is 12.4. The van der Waals surface area contributed by atoms with Crippen LogP contribution < -0.4 is 0 Å². The van der Waals surface area contributed by atoms with Crippen molar-refractivity contribution in [3.05, 3.63) is 22.6 Å². The molecular weight excluding hydrogens is 290 g/mol. The minimum Gasteiger partial charge on any atom is -0.457 e. The molecule has 1 amide bonds. The lowest BCUT2D eigenvalue weighted by Crippen LogP contribution is -2.37. The summed E-state index contributed by atoms with van der Waals surface area (Å²) in [5, 5.41) is 9.27. The highest BCUT2D eigenvalue weighted by molar-refractivity contribution is 9.10. The second kappa shape index (κ2) is 5.20. The number of nitrogens with zero attached hydrogens (tertiary/aromatic N) is 1. The molecule has 0 bridgehead atoms. The predicted octanol–water partition coefficient (Wildman–Crippen LogP) is 1.26. The first-order chi connectivity index (χ1) is 8.15. The van der Waals surface area contributed by atoms with Crippen LogP contribution in [0.25, 0.3) is 0 Å². The van der Waals surface area contributed by atoms with Gasteiger partial charge in [0.25, 0.3) is 5.91 Å². The van der Waals surface area contributed by atoms with Crippen LogP contribution >= 0.6 is 15.9 Å². The normalized spacial score (nSPS) is 24.3. The van der Waals surface area contributed by atoms with Crippen LogP contribution in [0.3, 0.4) is 0 Å². The van der Waals surface area contributed by atoms with Crippen molar-refractivity contribution in [3.8, 4) is 0 Å². The molecule has 1 saturated heterocycles. The van der Waals surface area contributed by atoms with Crippen molar-refractivity contribution < 1.29 is 19.1 Å². The van der Waals surface area contributed by atoms with Gasteiger partial charge in [-0.2, -0.15) is 0 Å². The minimum atomic E-state index is -0.180. The molecule has 1 aliphatic heterocycles. The van der Waals surface area contributed by atoms with Gasteiger partial charge in [-0.15, -0.1) is 0 Å². The van der Waals surface area contributed by atoms with E-state index in [1.807, 2.05) is 0 Å². The Morgan fingerprint density at radius 3 is 3.06 bits per heavy atom. The lowest BCUT2D eigenvalue weighted by atomic mass is 10.2. The summed E-state index contributed by atoms with van der Waals surface area (Å²) in [6, 6.07) is 1.44. The van der Waals surface area contributed by atoms with E-state index in [2.05, 4.69) is 15.9 Å². The Hall–Kier alpha value is -0.850. The van der Waals surface area contributed by atoms with Gasteiger partial charge in [0.1, 0.15) is 6.26 Å². The van der Waals surface area contributed by atoms with Crippen LogP contribution in [0.2, 0.25) is 0 Å². The fourth-order valence-electron chi connectivity index (χ4n) is 2.05. The molecule has 1 aliphatic rings. The van der Waals surface area contributed by atoms with Crippen LogP contribution in [0.1, 0.15) is 16.8 Å². The Morgan fingerprint density at radius 1 is 1.76 bits per heavy atom. The number of rotatable bonds is 3. The van der Waals surface area contributed by atoms with Crippen molar-refractivity contribution in [2.45, 2.75) is 18.6 Å². The molecule has 1 fully saturated rings. The molecule has 1 N–H and O–H groups in total. The molecule has 0 radical (unpaired) electrons. The van der Waals surface area contributed by atoms with E-state index < -0.39 is 0 Å². The number of furan rings is 1. The molecule has 0 aromatic carbocycles. The van der Waals surface area contributed by atoms with Gasteiger partial charge < -0.3 is 19.2 Å². The molecule has 0 spiro atoms. The molecule has 1 aromatic rings. The smallest absolute Gasteiger partial charge is 0.257 e. The topological polar surface area (TPSA) is 62.9 Å². The summed E-state index contributed by atoms with van der Waals surface area (Å²) >= 11 is 3.16. The van der Waals surface area contributed by atoms with Crippen LogP contribution in [0, 0.1) is 0 Å². The Labute approximate surface area is 107 Å². The van der Waals surface area contributed by atoms with E-state index >= 15 is 0 Å². The minimum absolute atomic E-state index is 0.00792. The monoisotopic (exact) mass is 303 g/mol. The molecule has 5 nitrogen and oxygen atoms in total. The van der Waals surface area contributed by atoms with Crippen LogP contribution in [0.15, 0.2) is 21.4 Å². The largest absolute Gasteiger partial charge is 0.457 e. The standard InChI is InChI=1S/C11H14BrNO4/c1-16-9-3-8(5-14)13(4-9)11(15)7-2-10(12)17-6-7/h2,6,8-9,14H,3-5H2,1H3/t8-,9+/m0/s1. The van der Waals surface area contributed by atoms with Gasteiger partial charge in [0, 0.05) is 19.7 Å². The number of halogens is 1. The molecule has 0 aliphatic carbocycles. The van der Waals surface area contributed by atoms with Gasteiger partial charge in [-0.3, -0.25) is 4.79 Å². The van der Waals surface area contributed by atoms with Crippen LogP contribution in [0.4, 0.5) is 0 Å². The Balaban J connectivity index is 2.13. The summed E-state index contributed by atoms with van der Waals surface area (Å²) in [4.78, 5) is 13.8. The number of ether oxygens (including phenoxy) is 1. The fourth-order valence-corrected chi connectivity index (χ4v) is 2.39. The van der Waals surface area contributed by atoms with Crippen LogP contribution in [-0.4, -0.2) is 48.3 Å². The van der Waals surface area contributed by atoms with Gasteiger partial charge in [0.2, 0.25) is 0 Å². The lowest BCUT2D eigenvalue weighted by molar-refractivity contribution is 0.0647. The van der Waals surface area contributed by atoms with Crippen molar-refractivity contribution in [2.24, 2.45) is 0 Å². The number of carbonyl (C=O) groups excluding carboxylic acids is 1. The summed E-state index contributed by atoms with van der Waals surface area (Å²) in [6.45, 7) is 0.452. The summed E-state index contributed by atoms with van der Waals surface area (Å²) in [6.07, 6.45) is 2.06. The fraction of sp³-hybridized carbons (Fsp3) is 0.545. The maximum absolute atomic E-state index is 12.2. The van der Waals surface area contributed by atoms with E-state index in [9.17, 15) is 9.90 Å². The van der Waals surface area contributed by atoms with Gasteiger partial charge in [-0.05, 0) is 22.4 Å². The predicted molar refractivity (Wildman–Crippen MR) is 63.7 cm³/mol. The van der Waals surface area contributed by atoms with Crippen molar-refractivity contribution >= 4 is 21.8 Å². The highest BCUT2D eigenvalue weighted by Crippen LogP contribution is 2.23. The molecule has 1 aromatic heterocycles. The molecular formula is C11H14BrNO4. The van der Waals surface area contributed by atoms with E-state index in [-0.39, 0.29) is 24.7 Å². The highest BCUT2D eigenvalue weighted by atomic mass is 79.9. The Bertz CT molecular complexity index is 406. The second-order valence-electron chi connectivity index (χ2n) is 4.03. The van der Waals surface area contributed by atoms with E-state index in [1.165, 1.54) is 6.26 Å². The van der Waals surface area contributed by atoms with Crippen LogP contribution in [0.5, 0.6) is 0 Å². The average molecular weight is 304 g/mol. The zero-order valence-electron chi connectivity index (χ0n) is 9.43. The quantitative estimate of drug-likeness (QED) is 0.913. The molecule has 94 valence electrons. The number of carbonyl (C=O) groups is 1. The van der Waals surface area contributed by atoms with E-state index in [0.717, 1.165) is 0 Å². The van der Waals surface area contributed by atoms with Gasteiger partial charge in [0.15, 0.2) is 4.67 Å². The molecule has 2 rings (SSSR count). The summed E-state index contributed by atoms with van der Waals surface area (Å²) < 4.78 is 10.8. The number of aliphatic hydroxyl groups is 1. The lowest BCUT2D eigenvalue weighted by Gasteiger charge is -2.21. The second-order valence-corrected chi connectivity index (χ2v) is 4.81. The third-order valence-electron chi connectivity index (χ3n) is 3.00. The first kappa shape index (κ1) is 12.6. The van der Waals surface area contributed by atoms with E-state index in [1.54, 1.807) is 18.1 Å². The maximum Gasteiger partial charge on any atom is 0.257 e. The number of amides is 1. The highest BCUT2D eigenvalue weighted by Gasteiger charge is 2.35. The molecule has 2 heterocycles. The van der Waals surface area contributed by atoms with Crippen LogP contribution in [-0.2, 0) is 4.74 Å². The maximum atomic E-state index is 12.2. The molecule has 6 heteroatoms. The van der Waals surface area contributed by atoms with Crippen molar-refractivity contribution in [1.82, 2.24) is 4.90 Å². The van der Waals surface area contributed by atoms with Crippen molar-refractivity contribution in [3.63, 3.8) is 0 Å². The Kier molecular flexibility index (Phi) is 3.86. The molecule has 2 atom stereocenters. The molecule has 17 heavy (non-hydrogen) atoms.